The van der Waals surface area contributed by atoms with Gasteiger partial charge in [-0.1, -0.05) is 32.9 Å². The second kappa shape index (κ2) is 10.3. The second-order valence-electron chi connectivity index (χ2n) is 9.94. The van der Waals surface area contributed by atoms with Crippen LogP contribution in [0.4, 0.5) is 4.39 Å². The molecule has 0 heterocycles. The van der Waals surface area contributed by atoms with Crippen molar-refractivity contribution < 1.29 is 13.9 Å². The van der Waals surface area contributed by atoms with E-state index in [1.54, 1.807) is 12.1 Å². The van der Waals surface area contributed by atoms with Crippen LogP contribution in [0.25, 0.3) is 0 Å². The second-order valence-corrected chi connectivity index (χ2v) is 14.7. The quantitative estimate of drug-likeness (QED) is 0.399. The Morgan fingerprint density at radius 1 is 1.21 bits per heavy atom. The largest absolute Gasteiger partial charge is 0.414 e. The number of hydrogen-bond acceptors (Lipinski definition) is 3. The first-order valence-corrected chi connectivity index (χ1v) is 13.8. The molecular formula is C23H40FNO2Si. The minimum absolute atomic E-state index is 0.283. The summed E-state index contributed by atoms with van der Waals surface area (Å²) in [7, 11) is -1.65. The molecule has 5 heteroatoms. The Labute approximate surface area is 172 Å². The van der Waals surface area contributed by atoms with E-state index in [9.17, 15) is 9.50 Å². The van der Waals surface area contributed by atoms with E-state index in [0.29, 0.717) is 18.2 Å². The highest BCUT2D eigenvalue weighted by molar-refractivity contribution is 6.74. The SMILES string of the molecule is CC(C)(C)[Si](C)(C)OC1CCC(CCCNC[C@H](O)c2cccc(F)c2)CC1. The zero-order valence-electron chi connectivity index (χ0n) is 18.4. The Morgan fingerprint density at radius 2 is 1.89 bits per heavy atom. The Balaban J connectivity index is 1.59. The molecule has 1 aliphatic carbocycles. The molecular weight excluding hydrogens is 369 g/mol. The van der Waals surface area contributed by atoms with Crippen LogP contribution in [-0.4, -0.2) is 32.6 Å². The van der Waals surface area contributed by atoms with Gasteiger partial charge < -0.3 is 14.8 Å². The maximum Gasteiger partial charge on any atom is 0.192 e. The predicted octanol–water partition coefficient (Wildman–Crippen LogP) is 5.81. The van der Waals surface area contributed by atoms with Crippen molar-refractivity contribution in [2.24, 2.45) is 5.92 Å². The van der Waals surface area contributed by atoms with Crippen LogP contribution in [0.3, 0.4) is 0 Å². The highest BCUT2D eigenvalue weighted by atomic mass is 28.4. The number of nitrogens with one attached hydrogen (secondary N) is 1. The van der Waals surface area contributed by atoms with Crippen molar-refractivity contribution in [3.63, 3.8) is 0 Å². The molecule has 1 saturated carbocycles. The number of aliphatic hydroxyl groups is 1. The third kappa shape index (κ3) is 7.25. The number of hydrogen-bond donors (Lipinski definition) is 2. The van der Waals surface area contributed by atoms with Crippen molar-refractivity contribution in [1.29, 1.82) is 0 Å². The van der Waals surface area contributed by atoms with Crippen molar-refractivity contribution in [3.05, 3.63) is 35.6 Å². The number of halogens is 1. The highest BCUT2D eigenvalue weighted by Crippen LogP contribution is 2.40. The van der Waals surface area contributed by atoms with Crippen LogP contribution in [0.15, 0.2) is 24.3 Å². The third-order valence-corrected chi connectivity index (χ3v) is 11.1. The summed E-state index contributed by atoms with van der Waals surface area (Å²) in [5, 5.41) is 13.7. The van der Waals surface area contributed by atoms with Gasteiger partial charge in [0.25, 0.3) is 0 Å². The lowest BCUT2D eigenvalue weighted by molar-refractivity contribution is 0.113. The first kappa shape index (κ1) is 23.5. The van der Waals surface area contributed by atoms with Crippen molar-refractivity contribution in [3.8, 4) is 0 Å². The van der Waals surface area contributed by atoms with Crippen LogP contribution in [0.5, 0.6) is 0 Å². The summed E-state index contributed by atoms with van der Waals surface area (Å²) in [4.78, 5) is 0. The van der Waals surface area contributed by atoms with Crippen LogP contribution < -0.4 is 5.32 Å². The van der Waals surface area contributed by atoms with Gasteiger partial charge in [-0.25, -0.2) is 4.39 Å². The van der Waals surface area contributed by atoms with Crippen LogP contribution in [-0.2, 0) is 4.43 Å². The van der Waals surface area contributed by atoms with E-state index in [4.69, 9.17) is 4.43 Å². The van der Waals surface area contributed by atoms with Gasteiger partial charge in [-0.05, 0) is 86.8 Å². The fraction of sp³-hybridized carbons (Fsp3) is 0.739. The molecule has 2 rings (SSSR count). The molecule has 2 N–H and O–H groups in total. The Kier molecular flexibility index (Phi) is 8.68. The van der Waals surface area contributed by atoms with E-state index in [2.05, 4.69) is 39.2 Å². The Hall–Kier alpha value is -0.753. The number of aliphatic hydroxyl groups excluding tert-OH is 1. The molecule has 160 valence electrons. The van der Waals surface area contributed by atoms with Gasteiger partial charge in [0, 0.05) is 12.6 Å². The first-order valence-electron chi connectivity index (χ1n) is 10.9. The van der Waals surface area contributed by atoms with E-state index in [-0.39, 0.29) is 10.9 Å². The van der Waals surface area contributed by atoms with E-state index in [0.717, 1.165) is 18.9 Å². The van der Waals surface area contributed by atoms with Crippen molar-refractivity contribution >= 4 is 8.32 Å². The normalized spacial score (nSPS) is 22.2. The lowest BCUT2D eigenvalue weighted by Gasteiger charge is -2.41. The standard InChI is InChI=1S/C23H40FNO2Si/c1-23(2,3)28(4,5)27-21-13-11-18(12-14-21)8-7-15-25-17-22(26)19-9-6-10-20(24)16-19/h6,9-10,16,18,21-22,25-26H,7-8,11-15,17H2,1-5H3/t18?,21?,22-/m0/s1. The van der Waals surface area contributed by atoms with E-state index < -0.39 is 14.4 Å². The average Bonchev–Trinajstić information content (AvgIpc) is 2.61. The summed E-state index contributed by atoms with van der Waals surface area (Å²) in [5.41, 5.74) is 0.632. The van der Waals surface area contributed by atoms with Crippen LogP contribution >= 0.6 is 0 Å². The minimum Gasteiger partial charge on any atom is -0.414 e. The molecule has 3 nitrogen and oxygen atoms in total. The van der Waals surface area contributed by atoms with E-state index >= 15 is 0 Å². The molecule has 0 amide bonds. The van der Waals surface area contributed by atoms with E-state index in [1.807, 2.05) is 0 Å². The third-order valence-electron chi connectivity index (χ3n) is 6.60. The van der Waals surface area contributed by atoms with Crippen molar-refractivity contribution in [2.45, 2.75) is 89.6 Å². The highest BCUT2D eigenvalue weighted by Gasteiger charge is 2.39. The van der Waals surface area contributed by atoms with Gasteiger partial charge in [-0.15, -0.1) is 0 Å². The summed E-state index contributed by atoms with van der Waals surface area (Å²) in [6.07, 6.45) is 7.09. The molecule has 1 aliphatic rings. The summed E-state index contributed by atoms with van der Waals surface area (Å²) in [5.74, 6) is 0.499. The van der Waals surface area contributed by atoms with Crippen molar-refractivity contribution in [1.82, 2.24) is 5.32 Å². The number of benzene rings is 1. The monoisotopic (exact) mass is 409 g/mol. The molecule has 0 aliphatic heterocycles. The summed E-state index contributed by atoms with van der Waals surface area (Å²) in [6, 6.07) is 6.20. The zero-order chi connectivity index (χ0) is 20.8. The first-order chi connectivity index (χ1) is 13.1. The molecule has 1 aromatic carbocycles. The molecule has 1 aromatic rings. The maximum atomic E-state index is 13.2. The zero-order valence-corrected chi connectivity index (χ0v) is 19.4. The molecule has 28 heavy (non-hydrogen) atoms. The topological polar surface area (TPSA) is 41.5 Å². The van der Waals surface area contributed by atoms with Gasteiger partial charge in [0.1, 0.15) is 5.82 Å². The van der Waals surface area contributed by atoms with Gasteiger partial charge >= 0.3 is 0 Å². The molecule has 0 spiro atoms. The van der Waals surface area contributed by atoms with Crippen LogP contribution in [0.1, 0.15) is 71.0 Å². The molecule has 1 fully saturated rings. The Bertz CT molecular complexity index is 595. The van der Waals surface area contributed by atoms with E-state index in [1.165, 1.54) is 44.2 Å². The van der Waals surface area contributed by atoms with Crippen molar-refractivity contribution in [2.75, 3.05) is 13.1 Å². The smallest absolute Gasteiger partial charge is 0.192 e. The molecule has 1 atom stereocenters. The number of rotatable bonds is 9. The van der Waals surface area contributed by atoms with Gasteiger partial charge in [-0.2, -0.15) is 0 Å². The summed E-state index contributed by atoms with van der Waals surface area (Å²) < 4.78 is 19.8. The molecule has 0 unspecified atom stereocenters. The summed E-state index contributed by atoms with van der Waals surface area (Å²) in [6.45, 7) is 13.0. The van der Waals surface area contributed by atoms with Gasteiger partial charge in [0.05, 0.1) is 6.10 Å². The van der Waals surface area contributed by atoms with Gasteiger partial charge in [-0.3, -0.25) is 0 Å². The fourth-order valence-electron chi connectivity index (χ4n) is 3.72. The minimum atomic E-state index is -1.65. The van der Waals surface area contributed by atoms with Gasteiger partial charge in [0.15, 0.2) is 8.32 Å². The molecule has 0 saturated heterocycles. The Morgan fingerprint density at radius 3 is 2.50 bits per heavy atom. The van der Waals surface area contributed by atoms with Crippen LogP contribution in [0.2, 0.25) is 18.1 Å². The maximum absolute atomic E-state index is 13.2. The lowest BCUT2D eigenvalue weighted by Crippen LogP contribution is -2.44. The predicted molar refractivity (Wildman–Crippen MR) is 117 cm³/mol. The van der Waals surface area contributed by atoms with Crippen LogP contribution in [0, 0.1) is 11.7 Å². The lowest BCUT2D eigenvalue weighted by atomic mass is 9.84. The molecule has 0 aromatic heterocycles. The summed E-state index contributed by atoms with van der Waals surface area (Å²) >= 11 is 0. The molecule has 0 bridgehead atoms. The van der Waals surface area contributed by atoms with Gasteiger partial charge in [0.2, 0.25) is 0 Å². The average molecular weight is 410 g/mol. The molecule has 0 radical (unpaired) electrons. The fourth-order valence-corrected chi connectivity index (χ4v) is 5.14.